The van der Waals surface area contributed by atoms with Crippen LogP contribution >= 0.6 is 0 Å². The Kier molecular flexibility index (Phi) is 5.65. The van der Waals surface area contributed by atoms with Crippen molar-refractivity contribution in [1.82, 2.24) is 30.1 Å². The van der Waals surface area contributed by atoms with Gasteiger partial charge in [0, 0.05) is 31.4 Å². The van der Waals surface area contributed by atoms with Crippen LogP contribution in [0.5, 0.6) is 0 Å². The van der Waals surface area contributed by atoms with Crippen molar-refractivity contribution in [3.05, 3.63) is 41.7 Å². The third-order valence-corrected chi connectivity index (χ3v) is 4.19. The van der Waals surface area contributed by atoms with Crippen molar-refractivity contribution < 1.29 is 35.9 Å². The molecule has 1 N–H and O–H groups in total. The molecule has 0 bridgehead atoms. The highest BCUT2D eigenvalue weighted by Gasteiger charge is 2.37. The first-order valence-electron chi connectivity index (χ1n) is 8.57. The van der Waals surface area contributed by atoms with Crippen LogP contribution in [-0.2, 0) is 17.1 Å². The minimum Gasteiger partial charge on any atom is -0.324 e. The monoisotopic (exact) mass is 448 g/mol. The lowest BCUT2D eigenvalue weighted by Gasteiger charge is -2.15. The van der Waals surface area contributed by atoms with Crippen LogP contribution in [-0.4, -0.2) is 56.7 Å². The second-order valence-electron chi connectivity index (χ2n) is 6.49. The number of likely N-dealkylation sites (N-methyl/N-ethyl adjacent to an activating group) is 1. The summed E-state index contributed by atoms with van der Waals surface area (Å²) in [6, 6.07) is 0.596. The van der Waals surface area contributed by atoms with Crippen LogP contribution in [0.15, 0.2) is 30.6 Å². The lowest BCUT2D eigenvalue weighted by Crippen LogP contribution is -2.43. The average molecular weight is 448 g/mol. The summed E-state index contributed by atoms with van der Waals surface area (Å²) in [6.45, 7) is 0.700. The Balaban J connectivity index is 1.79. The van der Waals surface area contributed by atoms with Gasteiger partial charge in [0.05, 0.1) is 17.7 Å². The van der Waals surface area contributed by atoms with Crippen LogP contribution in [0, 0.1) is 0 Å². The number of benzene rings is 1. The second kappa shape index (κ2) is 7.92. The van der Waals surface area contributed by atoms with Crippen molar-refractivity contribution in [3.8, 4) is 11.4 Å². The molecule has 1 aliphatic rings. The van der Waals surface area contributed by atoms with Crippen molar-refractivity contribution in [3.63, 3.8) is 0 Å². The molecule has 0 saturated carbocycles. The molecule has 0 atom stereocenters. The van der Waals surface area contributed by atoms with Crippen molar-refractivity contribution in [1.29, 1.82) is 0 Å². The summed E-state index contributed by atoms with van der Waals surface area (Å²) < 4.78 is 78.8. The Bertz CT molecular complexity index is 997. The maximum absolute atomic E-state index is 13.0. The van der Waals surface area contributed by atoms with Gasteiger partial charge in [-0.15, -0.1) is 5.10 Å². The number of hydrazine groups is 1. The fraction of sp³-hybridized carbons (Fsp3) is 0.294. The van der Waals surface area contributed by atoms with E-state index in [2.05, 4.69) is 15.5 Å². The molecule has 1 aliphatic heterocycles. The van der Waals surface area contributed by atoms with E-state index in [4.69, 9.17) is 0 Å². The second-order valence-corrected chi connectivity index (χ2v) is 6.49. The number of hydrogen-bond acceptors (Lipinski definition) is 4. The van der Waals surface area contributed by atoms with Crippen molar-refractivity contribution >= 4 is 18.1 Å². The number of hydrogen-bond donors (Lipinski definition) is 1. The zero-order valence-corrected chi connectivity index (χ0v) is 15.7. The van der Waals surface area contributed by atoms with E-state index in [0.29, 0.717) is 18.7 Å². The van der Waals surface area contributed by atoms with E-state index in [9.17, 15) is 35.9 Å². The molecule has 1 aromatic heterocycles. The maximum Gasteiger partial charge on any atom is 0.416 e. The fourth-order valence-electron chi connectivity index (χ4n) is 2.63. The third kappa shape index (κ3) is 5.13. The minimum atomic E-state index is -5.00. The molecule has 0 unspecified atom stereocenters. The normalized spacial score (nSPS) is 15.3. The largest absolute Gasteiger partial charge is 0.416 e. The summed E-state index contributed by atoms with van der Waals surface area (Å²) in [7, 11) is 1.55. The van der Waals surface area contributed by atoms with Crippen LogP contribution < -0.4 is 5.43 Å². The Hall–Kier alpha value is -3.58. The topological polar surface area (TPSA) is 83.4 Å². The molecule has 1 saturated heterocycles. The number of nitrogens with one attached hydrogen (secondary N) is 1. The van der Waals surface area contributed by atoms with Crippen LogP contribution in [0.3, 0.4) is 0 Å². The number of amides is 3. The van der Waals surface area contributed by atoms with Gasteiger partial charge in [-0.3, -0.25) is 10.2 Å². The summed E-state index contributed by atoms with van der Waals surface area (Å²) in [5.74, 6) is -1.10. The fourth-order valence-corrected chi connectivity index (χ4v) is 2.63. The van der Waals surface area contributed by atoms with E-state index >= 15 is 0 Å². The molecule has 0 spiro atoms. The van der Waals surface area contributed by atoms with E-state index in [1.165, 1.54) is 4.90 Å². The number of carbonyl (C=O) groups is 2. The average Bonchev–Trinajstić information content (AvgIpc) is 3.27. The van der Waals surface area contributed by atoms with Crippen molar-refractivity contribution in [2.75, 3.05) is 20.1 Å². The summed E-state index contributed by atoms with van der Waals surface area (Å²) in [6.07, 6.45) is -6.96. The number of halogens is 6. The molecular weight excluding hydrogens is 434 g/mol. The first-order valence-corrected chi connectivity index (χ1v) is 8.57. The third-order valence-electron chi connectivity index (χ3n) is 4.19. The van der Waals surface area contributed by atoms with Gasteiger partial charge in [-0.25, -0.2) is 19.5 Å². The van der Waals surface area contributed by atoms with Crippen LogP contribution in [0.1, 0.15) is 11.1 Å². The molecule has 3 amide bonds. The summed E-state index contributed by atoms with van der Waals surface area (Å²) in [4.78, 5) is 28.7. The molecule has 31 heavy (non-hydrogen) atoms. The Morgan fingerprint density at radius 1 is 1.06 bits per heavy atom. The first kappa shape index (κ1) is 22.1. The zero-order chi connectivity index (χ0) is 23.0. The number of alkyl halides is 6. The minimum absolute atomic E-state index is 0.00180. The van der Waals surface area contributed by atoms with Gasteiger partial charge < -0.3 is 4.90 Å². The zero-order valence-electron chi connectivity index (χ0n) is 15.7. The van der Waals surface area contributed by atoms with Gasteiger partial charge in [-0.1, -0.05) is 0 Å². The lowest BCUT2D eigenvalue weighted by molar-refractivity contribution is -0.143. The van der Waals surface area contributed by atoms with Crippen LogP contribution in [0.4, 0.5) is 31.1 Å². The molecule has 2 aromatic rings. The van der Waals surface area contributed by atoms with Gasteiger partial charge in [0.2, 0.25) is 0 Å². The number of urea groups is 1. The Morgan fingerprint density at radius 2 is 1.68 bits per heavy atom. The lowest BCUT2D eigenvalue weighted by atomic mass is 10.0. The summed E-state index contributed by atoms with van der Waals surface area (Å²) in [5.41, 5.74) is -1.17. The predicted octanol–water partition coefficient (Wildman–Crippen LogP) is 2.85. The Morgan fingerprint density at radius 3 is 2.19 bits per heavy atom. The standard InChI is InChI=1S/C17H14F6N6O2/c1-27-4-5-29(15(27)31)25-13(30)2-3-28-9-24-14(26-28)10-6-11(16(18,19)20)8-12(7-10)17(21,22)23/h2-3,6-9H,4-5H2,1H3,(H,25,30)/b3-2-. The molecule has 2 heterocycles. The molecule has 0 aliphatic carbocycles. The number of aromatic nitrogens is 3. The van der Waals surface area contributed by atoms with E-state index in [-0.39, 0.29) is 12.6 Å². The quantitative estimate of drug-likeness (QED) is 0.576. The van der Waals surface area contributed by atoms with Gasteiger partial charge in [-0.05, 0) is 18.2 Å². The molecule has 14 heteroatoms. The smallest absolute Gasteiger partial charge is 0.324 e. The molecule has 166 valence electrons. The summed E-state index contributed by atoms with van der Waals surface area (Å²) >= 11 is 0. The van der Waals surface area contributed by atoms with Crippen molar-refractivity contribution in [2.24, 2.45) is 0 Å². The number of rotatable bonds is 4. The molecule has 3 rings (SSSR count). The molecular formula is C17H14F6N6O2. The first-order chi connectivity index (χ1) is 14.3. The predicted molar refractivity (Wildman–Crippen MR) is 93.7 cm³/mol. The highest BCUT2D eigenvalue weighted by atomic mass is 19.4. The van der Waals surface area contributed by atoms with Gasteiger partial charge in [-0.2, -0.15) is 26.3 Å². The van der Waals surface area contributed by atoms with Crippen LogP contribution in [0.2, 0.25) is 0 Å². The maximum atomic E-state index is 13.0. The molecule has 1 fully saturated rings. The SMILES string of the molecule is CN1CCN(NC(=O)/C=C\n2cnc(-c3cc(C(F)(F)F)cc(C(F)(F)F)c3)n2)C1=O. The van der Waals surface area contributed by atoms with Gasteiger partial charge in [0.25, 0.3) is 5.91 Å². The Labute approximate surface area is 170 Å². The van der Waals surface area contributed by atoms with E-state index in [0.717, 1.165) is 28.3 Å². The van der Waals surface area contributed by atoms with E-state index < -0.39 is 46.8 Å². The van der Waals surface area contributed by atoms with Crippen molar-refractivity contribution in [2.45, 2.75) is 12.4 Å². The molecule has 8 nitrogen and oxygen atoms in total. The number of carbonyl (C=O) groups excluding carboxylic acids is 2. The highest BCUT2D eigenvalue weighted by molar-refractivity contribution is 5.91. The summed E-state index contributed by atoms with van der Waals surface area (Å²) in [5, 5.41) is 4.86. The molecule has 1 aromatic carbocycles. The molecule has 0 radical (unpaired) electrons. The van der Waals surface area contributed by atoms with Gasteiger partial charge >= 0.3 is 18.4 Å². The van der Waals surface area contributed by atoms with Crippen LogP contribution in [0.25, 0.3) is 17.6 Å². The van der Waals surface area contributed by atoms with Gasteiger partial charge in [0.15, 0.2) is 5.82 Å². The highest BCUT2D eigenvalue weighted by Crippen LogP contribution is 2.38. The number of nitrogens with zero attached hydrogens (tertiary/aromatic N) is 5. The van der Waals surface area contributed by atoms with E-state index in [1.807, 2.05) is 0 Å². The van der Waals surface area contributed by atoms with Gasteiger partial charge in [0.1, 0.15) is 6.33 Å². The van der Waals surface area contributed by atoms with E-state index in [1.54, 1.807) is 7.05 Å².